The summed E-state index contributed by atoms with van der Waals surface area (Å²) >= 11 is 0. The molecule has 0 unspecified atom stereocenters. The Labute approximate surface area is 170 Å². The second kappa shape index (κ2) is 7.59. The van der Waals surface area contributed by atoms with Gasteiger partial charge in [0.15, 0.2) is 0 Å². The van der Waals surface area contributed by atoms with Crippen molar-refractivity contribution in [2.24, 2.45) is 0 Å². The second-order valence-electron chi connectivity index (χ2n) is 7.05. The zero-order valence-corrected chi connectivity index (χ0v) is 17.5. The Morgan fingerprint density at radius 3 is 2.28 bits per heavy atom. The van der Waals surface area contributed by atoms with Crippen molar-refractivity contribution in [1.82, 2.24) is 14.8 Å². The van der Waals surface area contributed by atoms with E-state index in [9.17, 15) is 0 Å². The topological polar surface area (TPSA) is 49.2 Å². The highest BCUT2D eigenvalue weighted by Gasteiger charge is 2.20. The molecule has 0 radical (unpaired) electrons. The quantitative estimate of drug-likeness (QED) is 0.459. The van der Waals surface area contributed by atoms with Crippen molar-refractivity contribution in [1.29, 1.82) is 0 Å². The number of fused-ring (bicyclic) bond motifs is 1. The first kappa shape index (κ1) is 19.0. The third kappa shape index (κ3) is 3.23. The van der Waals surface area contributed by atoms with Crippen LogP contribution in [-0.4, -0.2) is 28.5 Å². The summed E-state index contributed by atoms with van der Waals surface area (Å²) < 4.78 is 13.3. The van der Waals surface area contributed by atoms with Gasteiger partial charge in [-0.3, -0.25) is 0 Å². The van der Waals surface area contributed by atoms with E-state index in [0.717, 1.165) is 56.3 Å². The lowest BCUT2D eigenvalue weighted by Crippen LogP contribution is -1.99. The van der Waals surface area contributed by atoms with Crippen LogP contribution in [0.15, 0.2) is 48.5 Å². The first-order valence-corrected chi connectivity index (χ1v) is 9.77. The summed E-state index contributed by atoms with van der Waals surface area (Å²) in [6, 6.07) is 16.2. The molecule has 0 aliphatic heterocycles. The van der Waals surface area contributed by atoms with Gasteiger partial charge in [-0.05, 0) is 64.1 Å². The Bertz CT molecular complexity index is 1180. The minimum Gasteiger partial charge on any atom is -0.497 e. The van der Waals surface area contributed by atoms with Gasteiger partial charge in [-0.15, -0.1) is 5.10 Å². The smallest absolute Gasteiger partial charge is 0.119 e. The molecule has 0 saturated heterocycles. The average molecular weight is 387 g/mol. The minimum absolute atomic E-state index is 0.658. The van der Waals surface area contributed by atoms with Gasteiger partial charge in [0.25, 0.3) is 0 Å². The molecular weight excluding hydrogens is 362 g/mol. The molecule has 29 heavy (non-hydrogen) atoms. The van der Waals surface area contributed by atoms with E-state index < -0.39 is 0 Å². The van der Waals surface area contributed by atoms with Crippen molar-refractivity contribution in [3.05, 3.63) is 65.6 Å². The highest BCUT2D eigenvalue weighted by molar-refractivity contribution is 6.00. The fraction of sp³-hybridized carbons (Fsp3) is 0.250. The van der Waals surface area contributed by atoms with E-state index in [1.165, 1.54) is 0 Å². The molecule has 0 bridgehead atoms. The molecule has 5 heteroatoms. The maximum atomic E-state index is 5.59. The van der Waals surface area contributed by atoms with Crippen molar-refractivity contribution in [3.63, 3.8) is 0 Å². The molecule has 2 aromatic carbocycles. The van der Waals surface area contributed by atoms with Crippen LogP contribution in [0, 0.1) is 20.8 Å². The first-order valence-electron chi connectivity index (χ1n) is 9.77. The number of methoxy groups -OCH3 is 1. The van der Waals surface area contributed by atoms with Crippen LogP contribution >= 0.6 is 0 Å². The Kier molecular flexibility index (Phi) is 4.97. The van der Waals surface area contributed by atoms with Crippen LogP contribution in [0.2, 0.25) is 0 Å². The van der Waals surface area contributed by atoms with E-state index in [2.05, 4.69) is 40.7 Å². The molecule has 0 fully saturated rings. The fourth-order valence-corrected chi connectivity index (χ4v) is 4.01. The summed E-state index contributed by atoms with van der Waals surface area (Å²) in [7, 11) is 1.67. The number of hydrogen-bond acceptors (Lipinski definition) is 4. The number of aromatic nitrogens is 3. The minimum atomic E-state index is 0.658. The number of aryl methyl sites for hydroxylation is 3. The number of benzene rings is 2. The predicted molar refractivity (Wildman–Crippen MR) is 116 cm³/mol. The molecule has 5 nitrogen and oxygen atoms in total. The van der Waals surface area contributed by atoms with Crippen LogP contribution in [0.25, 0.3) is 27.7 Å². The molecule has 2 aromatic heterocycles. The molecular formula is C24H25N3O2. The van der Waals surface area contributed by atoms with Crippen LogP contribution in [0.5, 0.6) is 11.5 Å². The third-order valence-electron chi connectivity index (χ3n) is 5.29. The van der Waals surface area contributed by atoms with Crippen molar-refractivity contribution in [2.75, 3.05) is 13.7 Å². The monoisotopic (exact) mass is 387 g/mol. The van der Waals surface area contributed by atoms with Crippen molar-refractivity contribution in [2.45, 2.75) is 27.7 Å². The van der Waals surface area contributed by atoms with Gasteiger partial charge in [0.1, 0.15) is 17.2 Å². The molecule has 0 amide bonds. The van der Waals surface area contributed by atoms with E-state index in [1.807, 2.05) is 50.2 Å². The van der Waals surface area contributed by atoms with Gasteiger partial charge in [0.2, 0.25) is 0 Å². The first-order chi connectivity index (χ1) is 14.0. The van der Waals surface area contributed by atoms with Crippen LogP contribution < -0.4 is 9.47 Å². The largest absolute Gasteiger partial charge is 0.497 e. The van der Waals surface area contributed by atoms with Crippen molar-refractivity contribution in [3.8, 4) is 28.4 Å². The Morgan fingerprint density at radius 1 is 0.862 bits per heavy atom. The Balaban J connectivity index is 1.95. The SMILES string of the molecule is CCOc1ccc(-n2c(C)c3c(C)nnc(-c4cccc(OC)c4)c3c2C)cc1. The highest BCUT2D eigenvalue weighted by atomic mass is 16.5. The number of nitrogens with zero attached hydrogens (tertiary/aromatic N) is 3. The van der Waals surface area contributed by atoms with E-state index in [0.29, 0.717) is 6.61 Å². The molecule has 0 N–H and O–H groups in total. The lowest BCUT2D eigenvalue weighted by Gasteiger charge is -2.11. The van der Waals surface area contributed by atoms with Crippen LogP contribution in [0.3, 0.4) is 0 Å². The summed E-state index contributed by atoms with van der Waals surface area (Å²) in [5.74, 6) is 1.68. The zero-order chi connectivity index (χ0) is 20.5. The molecule has 0 spiro atoms. The van der Waals surface area contributed by atoms with Crippen LogP contribution in [-0.2, 0) is 0 Å². The zero-order valence-electron chi connectivity index (χ0n) is 17.5. The third-order valence-corrected chi connectivity index (χ3v) is 5.29. The lowest BCUT2D eigenvalue weighted by molar-refractivity contribution is 0.340. The summed E-state index contributed by atoms with van der Waals surface area (Å²) in [5.41, 5.74) is 6.17. The van der Waals surface area contributed by atoms with Crippen molar-refractivity contribution < 1.29 is 9.47 Å². The molecule has 0 saturated carbocycles. The van der Waals surface area contributed by atoms with Crippen LogP contribution in [0.4, 0.5) is 0 Å². The van der Waals surface area contributed by atoms with Crippen molar-refractivity contribution >= 4 is 10.8 Å². The van der Waals surface area contributed by atoms with Gasteiger partial charge in [-0.25, -0.2) is 0 Å². The summed E-state index contributed by atoms with van der Waals surface area (Å²) in [4.78, 5) is 0. The van der Waals surface area contributed by atoms with Gasteiger partial charge < -0.3 is 14.0 Å². The second-order valence-corrected chi connectivity index (χ2v) is 7.05. The number of ether oxygens (including phenoxy) is 2. The Hall–Kier alpha value is -3.34. The normalized spacial score (nSPS) is 11.1. The lowest BCUT2D eigenvalue weighted by atomic mass is 10.0. The van der Waals surface area contributed by atoms with Gasteiger partial charge in [-0.1, -0.05) is 12.1 Å². The summed E-state index contributed by atoms with van der Waals surface area (Å²) in [6.07, 6.45) is 0. The predicted octanol–water partition coefficient (Wildman–Crippen LogP) is 5.42. The summed E-state index contributed by atoms with van der Waals surface area (Å²) in [5, 5.41) is 11.3. The van der Waals surface area contributed by atoms with Gasteiger partial charge in [-0.2, -0.15) is 5.10 Å². The van der Waals surface area contributed by atoms with E-state index in [4.69, 9.17) is 9.47 Å². The standard InChI is InChI=1S/C24H25N3O2/c1-6-29-20-12-10-19(11-13-20)27-16(3)22-15(2)25-26-24(23(22)17(27)4)18-8-7-9-21(14-18)28-5/h7-14H,6H2,1-5H3. The van der Waals surface area contributed by atoms with Gasteiger partial charge in [0, 0.05) is 33.4 Å². The van der Waals surface area contributed by atoms with Crippen LogP contribution in [0.1, 0.15) is 24.0 Å². The average Bonchev–Trinajstić information content (AvgIpc) is 3.01. The molecule has 2 heterocycles. The van der Waals surface area contributed by atoms with E-state index in [-0.39, 0.29) is 0 Å². The Morgan fingerprint density at radius 2 is 1.59 bits per heavy atom. The van der Waals surface area contributed by atoms with E-state index >= 15 is 0 Å². The molecule has 0 atom stereocenters. The highest BCUT2D eigenvalue weighted by Crippen LogP contribution is 2.36. The maximum Gasteiger partial charge on any atom is 0.119 e. The molecule has 0 aliphatic carbocycles. The van der Waals surface area contributed by atoms with E-state index in [1.54, 1.807) is 7.11 Å². The molecule has 4 rings (SSSR count). The number of hydrogen-bond donors (Lipinski definition) is 0. The summed E-state index contributed by atoms with van der Waals surface area (Å²) in [6.45, 7) is 8.93. The van der Waals surface area contributed by atoms with Gasteiger partial charge in [0.05, 0.1) is 19.4 Å². The molecule has 0 aliphatic rings. The molecule has 4 aromatic rings. The number of rotatable bonds is 5. The van der Waals surface area contributed by atoms with Gasteiger partial charge >= 0.3 is 0 Å². The maximum absolute atomic E-state index is 5.59. The fourth-order valence-electron chi connectivity index (χ4n) is 4.01. The molecule has 148 valence electrons.